The molecule has 0 aromatic rings. The molecule has 0 saturated heterocycles. The lowest BCUT2D eigenvalue weighted by Gasteiger charge is -2.23. The van der Waals surface area contributed by atoms with Gasteiger partial charge in [0, 0.05) is 18.9 Å². The van der Waals surface area contributed by atoms with Crippen LogP contribution in [0.25, 0.3) is 0 Å². The molecule has 0 radical (unpaired) electrons. The Kier molecular flexibility index (Phi) is 3.88. The molecule has 0 amide bonds. The maximum Gasteiger partial charge on any atom is 0.303 e. The second-order valence-electron chi connectivity index (χ2n) is 3.48. The van der Waals surface area contributed by atoms with Gasteiger partial charge >= 0.3 is 5.97 Å². The number of rotatable bonds is 3. The molecule has 0 fully saturated rings. The Balaban J connectivity index is 2.74. The Labute approximate surface area is 89.2 Å². The van der Waals surface area contributed by atoms with E-state index in [4.69, 9.17) is 9.47 Å². The zero-order chi connectivity index (χ0) is 11.4. The Bertz CT molecular complexity index is 304. The van der Waals surface area contributed by atoms with E-state index >= 15 is 0 Å². The first-order valence-corrected chi connectivity index (χ1v) is 5.10. The molecule has 1 aliphatic carbocycles. The molecule has 0 aromatic heterocycles. The summed E-state index contributed by atoms with van der Waals surface area (Å²) in [5.41, 5.74) is 0.578. The fourth-order valence-electron chi connectivity index (χ4n) is 1.63. The molecular weight excluding hydrogens is 196 g/mol. The predicted molar refractivity (Wildman–Crippen MR) is 54.1 cm³/mol. The number of carbonyl (C=O) groups is 2. The first-order valence-electron chi connectivity index (χ1n) is 5.10. The van der Waals surface area contributed by atoms with Crippen molar-refractivity contribution in [1.82, 2.24) is 0 Å². The molecule has 4 nitrogen and oxygen atoms in total. The van der Waals surface area contributed by atoms with E-state index in [2.05, 4.69) is 0 Å². The number of esters is 1. The van der Waals surface area contributed by atoms with Gasteiger partial charge in [0.25, 0.3) is 0 Å². The van der Waals surface area contributed by atoms with Crippen LogP contribution in [0.3, 0.4) is 0 Å². The van der Waals surface area contributed by atoms with Crippen molar-refractivity contribution in [3.8, 4) is 0 Å². The van der Waals surface area contributed by atoms with Gasteiger partial charge < -0.3 is 9.47 Å². The average molecular weight is 212 g/mol. The standard InChI is InChI=1S/C11H16O4/c1-4-14-9-5-6-10(15-8(3)12)11(13)7(9)2/h10H,4-6H2,1-3H3. The van der Waals surface area contributed by atoms with Crippen molar-refractivity contribution in [1.29, 1.82) is 0 Å². The summed E-state index contributed by atoms with van der Waals surface area (Å²) in [6, 6.07) is 0. The maximum absolute atomic E-state index is 11.7. The Morgan fingerprint density at radius 1 is 1.53 bits per heavy atom. The summed E-state index contributed by atoms with van der Waals surface area (Å²) in [4.78, 5) is 22.5. The Morgan fingerprint density at radius 2 is 2.20 bits per heavy atom. The fourth-order valence-corrected chi connectivity index (χ4v) is 1.63. The van der Waals surface area contributed by atoms with Gasteiger partial charge in [0.15, 0.2) is 6.10 Å². The predicted octanol–water partition coefficient (Wildman–Crippen LogP) is 1.59. The summed E-state index contributed by atoms with van der Waals surface area (Å²) in [5.74, 6) is 0.173. The van der Waals surface area contributed by atoms with Gasteiger partial charge in [-0.3, -0.25) is 9.59 Å². The minimum Gasteiger partial charge on any atom is -0.498 e. The second-order valence-corrected chi connectivity index (χ2v) is 3.48. The molecule has 1 aliphatic rings. The van der Waals surface area contributed by atoms with Crippen LogP contribution in [0.15, 0.2) is 11.3 Å². The van der Waals surface area contributed by atoms with E-state index in [1.807, 2.05) is 6.92 Å². The molecular formula is C11H16O4. The lowest BCUT2D eigenvalue weighted by atomic mass is 9.94. The van der Waals surface area contributed by atoms with Crippen molar-refractivity contribution in [2.45, 2.75) is 39.7 Å². The topological polar surface area (TPSA) is 52.6 Å². The highest BCUT2D eigenvalue weighted by Gasteiger charge is 2.30. The lowest BCUT2D eigenvalue weighted by Crippen LogP contribution is -2.31. The van der Waals surface area contributed by atoms with E-state index in [9.17, 15) is 9.59 Å². The average Bonchev–Trinajstić information content (AvgIpc) is 2.17. The second kappa shape index (κ2) is 4.96. The largest absolute Gasteiger partial charge is 0.498 e. The number of allylic oxidation sites excluding steroid dienone is 1. The third-order valence-electron chi connectivity index (χ3n) is 2.34. The van der Waals surface area contributed by atoms with Crippen molar-refractivity contribution in [3.63, 3.8) is 0 Å². The van der Waals surface area contributed by atoms with Gasteiger partial charge in [0.05, 0.1) is 6.61 Å². The van der Waals surface area contributed by atoms with Crippen LogP contribution in [-0.2, 0) is 19.1 Å². The molecule has 0 heterocycles. The van der Waals surface area contributed by atoms with Crippen molar-refractivity contribution >= 4 is 11.8 Å². The van der Waals surface area contributed by atoms with Crippen LogP contribution in [-0.4, -0.2) is 24.5 Å². The van der Waals surface area contributed by atoms with E-state index in [1.165, 1.54) is 6.92 Å². The quantitative estimate of drug-likeness (QED) is 0.667. The number of ketones is 1. The molecule has 84 valence electrons. The van der Waals surface area contributed by atoms with Gasteiger partial charge in [-0.15, -0.1) is 0 Å². The van der Waals surface area contributed by atoms with Crippen LogP contribution in [0.2, 0.25) is 0 Å². The minimum atomic E-state index is -0.619. The molecule has 1 unspecified atom stereocenters. The highest BCUT2D eigenvalue weighted by atomic mass is 16.5. The highest BCUT2D eigenvalue weighted by molar-refractivity contribution is 6.00. The molecule has 1 rings (SSSR count). The first kappa shape index (κ1) is 11.8. The van der Waals surface area contributed by atoms with Gasteiger partial charge in [-0.2, -0.15) is 0 Å². The van der Waals surface area contributed by atoms with Crippen LogP contribution in [0, 0.1) is 0 Å². The SMILES string of the molecule is CCOC1=C(C)C(=O)C(OC(C)=O)CC1. The molecule has 0 saturated carbocycles. The number of hydrogen-bond donors (Lipinski definition) is 0. The van der Waals surface area contributed by atoms with Crippen molar-refractivity contribution in [2.24, 2.45) is 0 Å². The fraction of sp³-hybridized carbons (Fsp3) is 0.636. The molecule has 0 N–H and O–H groups in total. The summed E-state index contributed by atoms with van der Waals surface area (Å²) >= 11 is 0. The number of carbonyl (C=O) groups excluding carboxylic acids is 2. The van der Waals surface area contributed by atoms with Gasteiger partial charge in [-0.25, -0.2) is 0 Å². The lowest BCUT2D eigenvalue weighted by molar-refractivity contribution is -0.152. The third-order valence-corrected chi connectivity index (χ3v) is 2.34. The zero-order valence-electron chi connectivity index (χ0n) is 9.33. The van der Waals surface area contributed by atoms with E-state index < -0.39 is 12.1 Å². The van der Waals surface area contributed by atoms with Crippen molar-refractivity contribution in [2.75, 3.05) is 6.61 Å². The van der Waals surface area contributed by atoms with Gasteiger partial charge in [-0.05, 0) is 20.3 Å². The number of hydrogen-bond acceptors (Lipinski definition) is 4. The summed E-state index contributed by atoms with van der Waals surface area (Å²) in [6.45, 7) is 5.45. The number of ether oxygens (including phenoxy) is 2. The summed E-state index contributed by atoms with van der Waals surface area (Å²) in [5, 5.41) is 0. The maximum atomic E-state index is 11.7. The smallest absolute Gasteiger partial charge is 0.303 e. The third kappa shape index (κ3) is 2.81. The van der Waals surface area contributed by atoms with Crippen molar-refractivity contribution in [3.05, 3.63) is 11.3 Å². The van der Waals surface area contributed by atoms with E-state index in [0.29, 0.717) is 25.0 Å². The van der Waals surface area contributed by atoms with Gasteiger partial charge in [0.2, 0.25) is 5.78 Å². The van der Waals surface area contributed by atoms with Crippen LogP contribution in [0.4, 0.5) is 0 Å². The van der Waals surface area contributed by atoms with Crippen molar-refractivity contribution < 1.29 is 19.1 Å². The first-order chi connectivity index (χ1) is 7.06. The summed E-state index contributed by atoms with van der Waals surface area (Å²) in [7, 11) is 0. The van der Waals surface area contributed by atoms with E-state index in [0.717, 1.165) is 5.76 Å². The molecule has 0 aromatic carbocycles. The molecule has 0 spiro atoms. The van der Waals surface area contributed by atoms with Crippen LogP contribution in [0.5, 0.6) is 0 Å². The molecule has 15 heavy (non-hydrogen) atoms. The van der Waals surface area contributed by atoms with Gasteiger partial charge in [0.1, 0.15) is 5.76 Å². The highest BCUT2D eigenvalue weighted by Crippen LogP contribution is 2.24. The Hall–Kier alpha value is -1.32. The van der Waals surface area contributed by atoms with Crippen LogP contribution >= 0.6 is 0 Å². The van der Waals surface area contributed by atoms with Crippen LogP contribution < -0.4 is 0 Å². The normalized spacial score (nSPS) is 21.5. The van der Waals surface area contributed by atoms with Gasteiger partial charge in [-0.1, -0.05) is 0 Å². The summed E-state index contributed by atoms with van der Waals surface area (Å²) in [6.07, 6.45) is 0.556. The zero-order valence-corrected chi connectivity index (χ0v) is 9.33. The minimum absolute atomic E-state index is 0.139. The molecule has 1 atom stereocenters. The molecule has 4 heteroatoms. The Morgan fingerprint density at radius 3 is 2.73 bits per heavy atom. The number of Topliss-reactive ketones (excluding diaryl/α,β-unsaturated/α-hetero) is 1. The van der Waals surface area contributed by atoms with E-state index in [1.54, 1.807) is 6.92 Å². The molecule has 0 bridgehead atoms. The van der Waals surface area contributed by atoms with Crippen LogP contribution in [0.1, 0.15) is 33.6 Å². The monoisotopic (exact) mass is 212 g/mol. The summed E-state index contributed by atoms with van der Waals surface area (Å²) < 4.78 is 10.3. The van der Waals surface area contributed by atoms with E-state index in [-0.39, 0.29) is 5.78 Å². The molecule has 0 aliphatic heterocycles.